The molecule has 0 atom stereocenters. The lowest BCUT2D eigenvalue weighted by molar-refractivity contribution is 0.102. The zero-order chi connectivity index (χ0) is 20.5. The van der Waals surface area contributed by atoms with Gasteiger partial charge < -0.3 is 10.2 Å². The number of para-hydroxylation sites is 1. The number of thioether (sulfide) groups is 1. The first-order valence-corrected chi connectivity index (χ1v) is 10.0. The Balaban J connectivity index is 1.74. The number of carbonyl (C=O) groups is 1. The summed E-state index contributed by atoms with van der Waals surface area (Å²) in [5.74, 6) is -0.353. The van der Waals surface area contributed by atoms with E-state index in [4.69, 9.17) is 0 Å². The second-order valence-corrected chi connectivity index (χ2v) is 7.45. The molecule has 4 aromatic rings. The normalized spacial score (nSPS) is 11.3. The minimum absolute atomic E-state index is 0.0617. The maximum atomic E-state index is 12.8. The van der Waals surface area contributed by atoms with E-state index in [-0.39, 0.29) is 34.2 Å². The first-order chi connectivity index (χ1) is 14.0. The molecule has 4 rings (SSSR count). The lowest BCUT2D eigenvalue weighted by Crippen LogP contribution is -2.23. The number of ketones is 1. The highest BCUT2D eigenvalue weighted by molar-refractivity contribution is 7.99. The molecular formula is C20H18N4O4S. The van der Waals surface area contributed by atoms with Crippen LogP contribution in [-0.2, 0) is 6.54 Å². The SMILES string of the molecule is CCCn1c(=O)c2ccccc2n2c(SCC(=O)c3ccc(O)c(O)c3)nnc12. The van der Waals surface area contributed by atoms with Crippen LogP contribution >= 0.6 is 11.8 Å². The van der Waals surface area contributed by atoms with Crippen LogP contribution in [0.2, 0.25) is 0 Å². The molecule has 0 radical (unpaired) electrons. The van der Waals surface area contributed by atoms with E-state index in [1.54, 1.807) is 15.0 Å². The molecule has 0 spiro atoms. The summed E-state index contributed by atoms with van der Waals surface area (Å²) in [6.07, 6.45) is 0.770. The van der Waals surface area contributed by atoms with Crippen LogP contribution in [0.3, 0.4) is 0 Å². The van der Waals surface area contributed by atoms with Crippen LogP contribution < -0.4 is 5.56 Å². The Labute approximate surface area is 169 Å². The van der Waals surface area contributed by atoms with Gasteiger partial charge in [-0.3, -0.25) is 18.6 Å². The Morgan fingerprint density at radius 2 is 1.90 bits per heavy atom. The van der Waals surface area contributed by atoms with Gasteiger partial charge in [-0.05, 0) is 36.8 Å². The molecule has 0 saturated heterocycles. The van der Waals surface area contributed by atoms with Crippen molar-refractivity contribution in [3.05, 3.63) is 58.4 Å². The number of rotatable bonds is 6. The van der Waals surface area contributed by atoms with E-state index in [9.17, 15) is 19.8 Å². The number of phenols is 2. The van der Waals surface area contributed by atoms with E-state index in [0.29, 0.717) is 28.4 Å². The molecule has 0 bridgehead atoms. The van der Waals surface area contributed by atoms with Crippen molar-refractivity contribution in [1.82, 2.24) is 19.2 Å². The van der Waals surface area contributed by atoms with Crippen LogP contribution in [0.4, 0.5) is 0 Å². The molecule has 2 aromatic carbocycles. The molecule has 2 aromatic heterocycles. The van der Waals surface area contributed by atoms with Crippen molar-refractivity contribution in [2.45, 2.75) is 25.0 Å². The molecule has 0 fully saturated rings. The van der Waals surface area contributed by atoms with Gasteiger partial charge in [0.2, 0.25) is 5.78 Å². The minimum atomic E-state index is -0.344. The van der Waals surface area contributed by atoms with Gasteiger partial charge >= 0.3 is 0 Å². The number of aromatic hydroxyl groups is 2. The molecule has 0 aliphatic carbocycles. The number of nitrogens with zero attached hydrogens (tertiary/aromatic N) is 4. The van der Waals surface area contributed by atoms with Crippen molar-refractivity contribution >= 4 is 34.2 Å². The zero-order valence-electron chi connectivity index (χ0n) is 15.6. The smallest absolute Gasteiger partial charge is 0.262 e. The van der Waals surface area contributed by atoms with Crippen LogP contribution in [0, 0.1) is 0 Å². The van der Waals surface area contributed by atoms with Crippen LogP contribution in [0.25, 0.3) is 16.7 Å². The fourth-order valence-corrected chi connectivity index (χ4v) is 4.00. The summed E-state index contributed by atoms with van der Waals surface area (Å²) >= 11 is 1.20. The standard InChI is InChI=1S/C20H18N4O4S/c1-2-9-23-18(28)13-5-3-4-6-14(13)24-19(23)21-22-20(24)29-11-17(27)12-7-8-15(25)16(26)10-12/h3-8,10,25-26H,2,9,11H2,1H3. The van der Waals surface area contributed by atoms with E-state index in [0.717, 1.165) is 6.42 Å². The second-order valence-electron chi connectivity index (χ2n) is 6.51. The molecule has 9 heteroatoms. The van der Waals surface area contributed by atoms with Gasteiger partial charge in [-0.15, -0.1) is 10.2 Å². The monoisotopic (exact) mass is 410 g/mol. The number of Topliss-reactive ketones (excluding diaryl/α,β-unsaturated/α-hetero) is 1. The molecule has 0 saturated carbocycles. The lowest BCUT2D eigenvalue weighted by atomic mass is 10.1. The van der Waals surface area contributed by atoms with Gasteiger partial charge in [0, 0.05) is 12.1 Å². The van der Waals surface area contributed by atoms with E-state index in [1.165, 1.54) is 30.0 Å². The summed E-state index contributed by atoms with van der Waals surface area (Å²) in [5, 5.41) is 28.5. The van der Waals surface area contributed by atoms with Gasteiger partial charge in [0.1, 0.15) is 0 Å². The topological polar surface area (TPSA) is 110 Å². The highest BCUT2D eigenvalue weighted by atomic mass is 32.2. The van der Waals surface area contributed by atoms with Crippen molar-refractivity contribution in [2.24, 2.45) is 0 Å². The van der Waals surface area contributed by atoms with E-state index < -0.39 is 0 Å². The van der Waals surface area contributed by atoms with Crippen LogP contribution in [-0.4, -0.2) is 40.9 Å². The highest BCUT2D eigenvalue weighted by Crippen LogP contribution is 2.27. The van der Waals surface area contributed by atoms with Gasteiger partial charge in [-0.1, -0.05) is 30.8 Å². The molecule has 2 heterocycles. The first-order valence-electron chi connectivity index (χ1n) is 9.06. The average molecular weight is 410 g/mol. The summed E-state index contributed by atoms with van der Waals surface area (Å²) in [6.45, 7) is 2.50. The Kier molecular flexibility index (Phi) is 4.98. The number of carbonyl (C=O) groups excluding carboxylic acids is 1. The third-order valence-corrected chi connectivity index (χ3v) is 5.48. The third kappa shape index (κ3) is 3.33. The Hall–Kier alpha value is -3.33. The Morgan fingerprint density at radius 3 is 2.66 bits per heavy atom. The van der Waals surface area contributed by atoms with Gasteiger partial charge in [0.05, 0.1) is 16.7 Å². The predicted octanol–water partition coefficient (Wildman–Crippen LogP) is 2.84. The van der Waals surface area contributed by atoms with Gasteiger partial charge in [0.15, 0.2) is 22.4 Å². The summed E-state index contributed by atoms with van der Waals surface area (Å²) in [5.41, 5.74) is 0.853. The van der Waals surface area contributed by atoms with E-state index >= 15 is 0 Å². The van der Waals surface area contributed by atoms with Crippen LogP contribution in [0.15, 0.2) is 52.4 Å². The summed E-state index contributed by atoms with van der Waals surface area (Å²) in [7, 11) is 0. The molecule has 8 nitrogen and oxygen atoms in total. The number of benzene rings is 2. The minimum Gasteiger partial charge on any atom is -0.504 e. The number of fused-ring (bicyclic) bond motifs is 3. The molecule has 29 heavy (non-hydrogen) atoms. The number of aromatic nitrogens is 4. The Bertz CT molecular complexity index is 1300. The van der Waals surface area contributed by atoms with Gasteiger partial charge in [0.25, 0.3) is 5.56 Å². The quantitative estimate of drug-likeness (QED) is 0.286. The highest BCUT2D eigenvalue weighted by Gasteiger charge is 2.18. The average Bonchev–Trinajstić information content (AvgIpc) is 3.15. The molecule has 0 aliphatic rings. The van der Waals surface area contributed by atoms with Crippen molar-refractivity contribution in [3.63, 3.8) is 0 Å². The summed E-state index contributed by atoms with van der Waals surface area (Å²) in [4.78, 5) is 25.3. The predicted molar refractivity (Wildman–Crippen MR) is 110 cm³/mol. The van der Waals surface area contributed by atoms with Crippen molar-refractivity contribution in [2.75, 3.05) is 5.75 Å². The van der Waals surface area contributed by atoms with Crippen molar-refractivity contribution in [1.29, 1.82) is 0 Å². The number of phenolic OH excluding ortho intramolecular Hbond substituents is 2. The number of hydrogen-bond acceptors (Lipinski definition) is 7. The van der Waals surface area contributed by atoms with Crippen molar-refractivity contribution in [3.8, 4) is 11.5 Å². The van der Waals surface area contributed by atoms with E-state index in [1.807, 2.05) is 25.1 Å². The third-order valence-electron chi connectivity index (χ3n) is 4.56. The number of aryl methyl sites for hydroxylation is 1. The molecular weight excluding hydrogens is 392 g/mol. The fraction of sp³-hybridized carbons (Fsp3) is 0.200. The molecule has 2 N–H and O–H groups in total. The Morgan fingerprint density at radius 1 is 1.10 bits per heavy atom. The van der Waals surface area contributed by atoms with Gasteiger partial charge in [-0.2, -0.15) is 0 Å². The molecule has 0 aliphatic heterocycles. The maximum Gasteiger partial charge on any atom is 0.262 e. The first kappa shape index (κ1) is 19.0. The second kappa shape index (κ2) is 7.59. The molecule has 148 valence electrons. The summed E-state index contributed by atoms with van der Waals surface area (Å²) < 4.78 is 3.39. The van der Waals surface area contributed by atoms with Crippen LogP contribution in [0.1, 0.15) is 23.7 Å². The largest absolute Gasteiger partial charge is 0.504 e. The van der Waals surface area contributed by atoms with Crippen molar-refractivity contribution < 1.29 is 15.0 Å². The molecule has 0 amide bonds. The number of hydrogen-bond donors (Lipinski definition) is 2. The van der Waals surface area contributed by atoms with Gasteiger partial charge in [-0.25, -0.2) is 0 Å². The zero-order valence-corrected chi connectivity index (χ0v) is 16.4. The van der Waals surface area contributed by atoms with Crippen LogP contribution in [0.5, 0.6) is 11.5 Å². The molecule has 0 unspecified atom stereocenters. The maximum absolute atomic E-state index is 12.8. The van der Waals surface area contributed by atoms with E-state index in [2.05, 4.69) is 10.2 Å². The summed E-state index contributed by atoms with van der Waals surface area (Å²) in [6, 6.07) is 11.2. The lowest BCUT2D eigenvalue weighted by Gasteiger charge is -2.10. The fourth-order valence-electron chi connectivity index (χ4n) is 3.16.